The summed E-state index contributed by atoms with van der Waals surface area (Å²) >= 11 is 0. The molecule has 1 saturated heterocycles. The molecule has 0 spiro atoms. The molecule has 2 aromatic carbocycles. The number of rotatable bonds is 5. The van der Waals surface area contributed by atoms with Gasteiger partial charge in [-0.05, 0) is 50.6 Å². The summed E-state index contributed by atoms with van der Waals surface area (Å²) in [6.45, 7) is 7.03. The fourth-order valence-corrected chi connectivity index (χ4v) is 4.47. The van der Waals surface area contributed by atoms with Crippen LogP contribution in [0.3, 0.4) is 0 Å². The number of amides is 1. The van der Waals surface area contributed by atoms with Gasteiger partial charge in [-0.15, -0.1) is 0 Å². The summed E-state index contributed by atoms with van der Waals surface area (Å²) in [5.74, 6) is 0.491. The number of fused-ring (bicyclic) bond motifs is 1. The van der Waals surface area contributed by atoms with E-state index in [1.807, 2.05) is 25.7 Å². The Balaban J connectivity index is 1.44. The van der Waals surface area contributed by atoms with E-state index in [1.54, 1.807) is 36.1 Å². The first-order chi connectivity index (χ1) is 18.5. The zero-order chi connectivity index (χ0) is 27.9. The van der Waals surface area contributed by atoms with Crippen LogP contribution in [0, 0.1) is 6.92 Å². The Kier molecular flexibility index (Phi) is 6.89. The van der Waals surface area contributed by atoms with Crippen LogP contribution >= 0.6 is 0 Å². The number of alkyl halides is 3. The molecule has 12 heteroatoms. The Morgan fingerprint density at radius 2 is 1.85 bits per heavy atom. The highest BCUT2D eigenvalue weighted by Gasteiger charge is 2.31. The second-order valence-corrected chi connectivity index (χ2v) is 9.65. The Labute approximate surface area is 222 Å². The highest BCUT2D eigenvalue weighted by Crippen LogP contribution is 2.33. The molecule has 1 N–H and O–H groups in total. The van der Waals surface area contributed by atoms with Crippen molar-refractivity contribution in [3.05, 3.63) is 65.4 Å². The molecule has 2 atom stereocenters. The topological polar surface area (TPSA) is 94.4 Å². The predicted molar refractivity (Wildman–Crippen MR) is 139 cm³/mol. The summed E-state index contributed by atoms with van der Waals surface area (Å²) in [5.41, 5.74) is 0.575. The fraction of sp³-hybridized carbons (Fsp3) is 0.333. The summed E-state index contributed by atoms with van der Waals surface area (Å²) in [6.07, 6.45) is -2.79. The molecule has 1 amide bonds. The van der Waals surface area contributed by atoms with Crippen LogP contribution in [0.1, 0.15) is 35.3 Å². The predicted octanol–water partition coefficient (Wildman–Crippen LogP) is 5.35. The summed E-state index contributed by atoms with van der Waals surface area (Å²) in [4.78, 5) is 24.1. The number of aromatic nitrogens is 4. The number of aryl methyl sites for hydroxylation is 2. The molecular formula is C27H27F3N6O3. The van der Waals surface area contributed by atoms with Gasteiger partial charge in [0.1, 0.15) is 11.1 Å². The Morgan fingerprint density at radius 1 is 1.10 bits per heavy atom. The summed E-state index contributed by atoms with van der Waals surface area (Å²) < 4.78 is 53.0. The van der Waals surface area contributed by atoms with Crippen LogP contribution in [0.4, 0.5) is 24.8 Å². The first-order valence-corrected chi connectivity index (χ1v) is 12.3. The van der Waals surface area contributed by atoms with Gasteiger partial charge in [0.2, 0.25) is 11.8 Å². The van der Waals surface area contributed by atoms with Crippen LogP contribution in [-0.2, 0) is 18.0 Å². The molecule has 3 heterocycles. The van der Waals surface area contributed by atoms with Crippen LogP contribution in [0.5, 0.6) is 11.6 Å². The molecule has 2 aromatic heterocycles. The summed E-state index contributed by atoms with van der Waals surface area (Å²) in [7, 11) is 1.78. The number of anilines is 2. The third kappa shape index (κ3) is 5.80. The maximum Gasteiger partial charge on any atom is 0.416 e. The number of hydrogen-bond acceptors (Lipinski definition) is 7. The second kappa shape index (κ2) is 10.2. The van der Waals surface area contributed by atoms with Crippen molar-refractivity contribution in [2.45, 2.75) is 39.2 Å². The molecule has 0 radical (unpaired) electrons. The van der Waals surface area contributed by atoms with Gasteiger partial charge < -0.3 is 19.7 Å². The lowest BCUT2D eigenvalue weighted by molar-refractivity contribution is -0.137. The molecule has 4 aromatic rings. The molecule has 0 aliphatic carbocycles. The zero-order valence-corrected chi connectivity index (χ0v) is 21.8. The SMILES string of the molecule is Cc1ccc(NC(=O)c2cccc(C(F)(F)F)c2)cc1Oc1nc(N2CC(C)OC(C)C2)nc2nn(C)cc12. The highest BCUT2D eigenvalue weighted by molar-refractivity contribution is 6.04. The van der Waals surface area contributed by atoms with Gasteiger partial charge in [-0.1, -0.05) is 12.1 Å². The van der Waals surface area contributed by atoms with Crippen LogP contribution in [-0.4, -0.2) is 51.0 Å². The van der Waals surface area contributed by atoms with E-state index in [2.05, 4.69) is 15.4 Å². The normalized spacial score (nSPS) is 17.9. The van der Waals surface area contributed by atoms with E-state index in [0.717, 1.165) is 17.7 Å². The van der Waals surface area contributed by atoms with E-state index in [9.17, 15) is 18.0 Å². The molecule has 0 bridgehead atoms. The lowest BCUT2D eigenvalue weighted by Gasteiger charge is -2.35. The van der Waals surface area contributed by atoms with Crippen LogP contribution < -0.4 is 15.0 Å². The molecule has 1 aliphatic rings. The Morgan fingerprint density at radius 3 is 2.56 bits per heavy atom. The number of benzene rings is 2. The maximum absolute atomic E-state index is 13.1. The van der Waals surface area contributed by atoms with Crippen molar-refractivity contribution >= 4 is 28.6 Å². The molecule has 0 saturated carbocycles. The van der Waals surface area contributed by atoms with E-state index < -0.39 is 17.6 Å². The third-order valence-corrected chi connectivity index (χ3v) is 6.25. The number of morpholine rings is 1. The molecule has 9 nitrogen and oxygen atoms in total. The fourth-order valence-electron chi connectivity index (χ4n) is 4.47. The van der Waals surface area contributed by atoms with Crippen LogP contribution in [0.15, 0.2) is 48.7 Å². The minimum atomic E-state index is -4.55. The maximum atomic E-state index is 13.1. The average Bonchev–Trinajstić information content (AvgIpc) is 3.25. The number of nitrogens with one attached hydrogen (secondary N) is 1. The monoisotopic (exact) mass is 540 g/mol. The van der Waals surface area contributed by atoms with Gasteiger partial charge in [0, 0.05) is 43.7 Å². The van der Waals surface area contributed by atoms with Crippen LogP contribution in [0.2, 0.25) is 0 Å². The van der Waals surface area contributed by atoms with Gasteiger partial charge in [0.15, 0.2) is 5.65 Å². The Bertz CT molecular complexity index is 1530. The smallest absolute Gasteiger partial charge is 0.416 e. The first-order valence-electron chi connectivity index (χ1n) is 12.3. The van der Waals surface area contributed by atoms with E-state index >= 15 is 0 Å². The van der Waals surface area contributed by atoms with E-state index in [4.69, 9.17) is 14.5 Å². The van der Waals surface area contributed by atoms with Crippen molar-refractivity contribution in [1.82, 2.24) is 19.7 Å². The number of ether oxygens (including phenoxy) is 2. The molecule has 204 valence electrons. The molecule has 2 unspecified atom stereocenters. The standard InChI is InChI=1S/C27H27F3N6O3/c1-15-8-9-20(31-24(37)18-6-5-7-19(10-18)27(28,29)30)11-22(15)39-25-21-14-35(4)34-23(21)32-26(33-25)36-12-16(2)38-17(3)13-36/h5-11,14,16-17H,12-13H2,1-4H3,(H,31,37). The molecular weight excluding hydrogens is 513 g/mol. The van der Waals surface area contributed by atoms with Crippen molar-refractivity contribution in [2.24, 2.45) is 7.05 Å². The average molecular weight is 541 g/mol. The molecule has 1 aliphatic heterocycles. The zero-order valence-electron chi connectivity index (χ0n) is 21.8. The van der Waals surface area contributed by atoms with Crippen molar-refractivity contribution in [3.63, 3.8) is 0 Å². The number of halogens is 3. The minimum Gasteiger partial charge on any atom is -0.438 e. The lowest BCUT2D eigenvalue weighted by atomic mass is 10.1. The minimum absolute atomic E-state index is 0.000473. The van der Waals surface area contributed by atoms with E-state index in [1.165, 1.54) is 12.1 Å². The van der Waals surface area contributed by atoms with E-state index in [0.29, 0.717) is 47.4 Å². The largest absolute Gasteiger partial charge is 0.438 e. The summed E-state index contributed by atoms with van der Waals surface area (Å²) in [6, 6.07) is 9.25. The van der Waals surface area contributed by atoms with Gasteiger partial charge in [0.05, 0.1) is 17.8 Å². The van der Waals surface area contributed by atoms with Gasteiger partial charge in [-0.25, -0.2) is 0 Å². The van der Waals surface area contributed by atoms with Crippen LogP contribution in [0.25, 0.3) is 11.0 Å². The van der Waals surface area contributed by atoms with Gasteiger partial charge in [-0.3, -0.25) is 9.48 Å². The highest BCUT2D eigenvalue weighted by atomic mass is 19.4. The van der Waals surface area contributed by atoms with Gasteiger partial charge in [0.25, 0.3) is 5.91 Å². The van der Waals surface area contributed by atoms with Crippen molar-refractivity contribution in [2.75, 3.05) is 23.3 Å². The lowest BCUT2D eigenvalue weighted by Crippen LogP contribution is -2.46. The molecule has 39 heavy (non-hydrogen) atoms. The van der Waals surface area contributed by atoms with E-state index in [-0.39, 0.29) is 17.8 Å². The number of hydrogen-bond donors (Lipinski definition) is 1. The Hall–Kier alpha value is -4.19. The van der Waals surface area contributed by atoms with Gasteiger partial charge >= 0.3 is 6.18 Å². The summed E-state index contributed by atoms with van der Waals surface area (Å²) in [5, 5.41) is 7.69. The second-order valence-electron chi connectivity index (χ2n) is 9.65. The quantitative estimate of drug-likeness (QED) is 0.365. The van der Waals surface area contributed by atoms with Gasteiger partial charge in [-0.2, -0.15) is 28.2 Å². The molecule has 1 fully saturated rings. The number of carbonyl (C=O) groups excluding carboxylic acids is 1. The molecule has 5 rings (SSSR count). The number of carbonyl (C=O) groups is 1. The number of nitrogens with zero attached hydrogens (tertiary/aromatic N) is 5. The first kappa shape index (κ1) is 26.4. The third-order valence-electron chi connectivity index (χ3n) is 6.25. The van der Waals surface area contributed by atoms with Crippen molar-refractivity contribution in [3.8, 4) is 11.6 Å². The van der Waals surface area contributed by atoms with Crippen molar-refractivity contribution < 1.29 is 27.4 Å². The van der Waals surface area contributed by atoms with Crippen molar-refractivity contribution in [1.29, 1.82) is 0 Å².